The second kappa shape index (κ2) is 9.13. The molecule has 1 N–H and O–H groups in total. The molecule has 0 saturated heterocycles. The second-order valence-corrected chi connectivity index (χ2v) is 13.0. The molecule has 5 aliphatic rings. The Morgan fingerprint density at radius 3 is 2.48 bits per heavy atom. The van der Waals surface area contributed by atoms with Crippen molar-refractivity contribution in [2.24, 2.45) is 22.7 Å². The Morgan fingerprint density at radius 2 is 1.82 bits per heavy atom. The molecule has 0 aromatic carbocycles. The van der Waals surface area contributed by atoms with Gasteiger partial charge in [0.2, 0.25) is 0 Å². The molecule has 0 aromatic rings. The summed E-state index contributed by atoms with van der Waals surface area (Å²) in [7, 11) is 0. The number of hydrogen-bond acceptors (Lipinski definition) is 8. The summed E-state index contributed by atoms with van der Waals surface area (Å²) >= 11 is 0. The van der Waals surface area contributed by atoms with E-state index >= 15 is 0 Å². The molecule has 7 atom stereocenters. The summed E-state index contributed by atoms with van der Waals surface area (Å²) in [6, 6.07) is 0. The molecule has 8 heteroatoms. The third kappa shape index (κ3) is 4.06. The van der Waals surface area contributed by atoms with Crippen LogP contribution >= 0.6 is 0 Å². The highest BCUT2D eigenvalue weighted by Crippen LogP contribution is 2.67. The lowest BCUT2D eigenvalue weighted by atomic mass is 9.51. The van der Waals surface area contributed by atoms with E-state index in [4.69, 9.17) is 14.2 Å². The largest absolute Gasteiger partial charge is 0.462 e. The minimum Gasteiger partial charge on any atom is -0.462 e. The fraction of sp³-hybridized carbons (Fsp3) is 0.562. The SMILES string of the molecule is CC(=O)O[C@H]1CC2=C(C=C[C@@H]3C(=C2)C=CC(=O)OC3(C)C)[C@]2(C)CC(=O)[C@H]([C@@](C)(O)[C@@H]3CC=C(C)C(=O)O3)[C@@]12C. The van der Waals surface area contributed by atoms with E-state index in [-0.39, 0.29) is 24.5 Å². The van der Waals surface area contributed by atoms with E-state index in [0.717, 1.165) is 16.7 Å². The summed E-state index contributed by atoms with van der Waals surface area (Å²) in [4.78, 5) is 51.1. The molecule has 40 heavy (non-hydrogen) atoms. The standard InChI is InChI=1S/C32H38O8/c1-17-8-12-24(39-28(17)36)32(7,37)27-23(34)16-30(5)22-11-10-21-19(9-13-26(35)40-29(21,3)4)14-20(22)15-25(31(27,30)6)38-18(2)33/h8-11,13-14,21,24-25,27,37H,12,15-16H2,1-7H3/t21-,24+,25+,27+,30+,31-,32+/m1/s1. The summed E-state index contributed by atoms with van der Waals surface area (Å²) in [5, 5.41) is 12.1. The first-order chi connectivity index (χ1) is 18.5. The van der Waals surface area contributed by atoms with Crippen molar-refractivity contribution in [3.05, 3.63) is 58.7 Å². The Kier molecular flexibility index (Phi) is 6.45. The Morgan fingerprint density at radius 1 is 1.12 bits per heavy atom. The van der Waals surface area contributed by atoms with Crippen LogP contribution in [0.1, 0.15) is 67.7 Å². The molecule has 2 heterocycles. The number of esters is 3. The van der Waals surface area contributed by atoms with Gasteiger partial charge in [-0.1, -0.05) is 44.2 Å². The zero-order valence-electron chi connectivity index (χ0n) is 24.2. The summed E-state index contributed by atoms with van der Waals surface area (Å²) in [5.41, 5.74) is -1.19. The van der Waals surface area contributed by atoms with Crippen LogP contribution in [0.15, 0.2) is 58.7 Å². The summed E-state index contributed by atoms with van der Waals surface area (Å²) < 4.78 is 17.3. The lowest BCUT2D eigenvalue weighted by molar-refractivity contribution is -0.197. The monoisotopic (exact) mass is 550 g/mol. The lowest BCUT2D eigenvalue weighted by Gasteiger charge is -2.55. The quantitative estimate of drug-likeness (QED) is 0.410. The van der Waals surface area contributed by atoms with Crippen molar-refractivity contribution in [3.63, 3.8) is 0 Å². The normalized spacial score (nSPS) is 38.0. The van der Waals surface area contributed by atoms with Crippen LogP contribution in [0, 0.1) is 22.7 Å². The predicted octanol–water partition coefficient (Wildman–Crippen LogP) is 4.24. The minimum absolute atomic E-state index is 0.114. The third-order valence-corrected chi connectivity index (χ3v) is 10.1. The number of aliphatic hydroxyl groups is 1. The maximum atomic E-state index is 14.0. The molecule has 0 amide bonds. The zero-order valence-corrected chi connectivity index (χ0v) is 24.2. The Hall–Kier alpha value is -3.26. The fourth-order valence-corrected chi connectivity index (χ4v) is 7.90. The smallest absolute Gasteiger partial charge is 0.333 e. The van der Waals surface area contributed by atoms with Crippen molar-refractivity contribution in [2.45, 2.75) is 91.1 Å². The highest BCUT2D eigenvalue weighted by Gasteiger charge is 2.71. The van der Waals surface area contributed by atoms with Gasteiger partial charge in [-0.3, -0.25) is 9.59 Å². The average molecular weight is 551 g/mol. The predicted molar refractivity (Wildman–Crippen MR) is 145 cm³/mol. The van der Waals surface area contributed by atoms with E-state index in [1.54, 1.807) is 26.0 Å². The van der Waals surface area contributed by atoms with E-state index in [0.29, 0.717) is 12.0 Å². The molecule has 1 fully saturated rings. The molecule has 8 nitrogen and oxygen atoms in total. The van der Waals surface area contributed by atoms with Gasteiger partial charge in [0.05, 0.1) is 5.92 Å². The van der Waals surface area contributed by atoms with Crippen molar-refractivity contribution in [1.29, 1.82) is 0 Å². The van der Waals surface area contributed by atoms with Gasteiger partial charge in [0, 0.05) is 54.6 Å². The average Bonchev–Trinajstić information content (AvgIpc) is 2.93. The molecule has 0 radical (unpaired) electrons. The summed E-state index contributed by atoms with van der Waals surface area (Å²) in [5.74, 6) is -2.80. The van der Waals surface area contributed by atoms with Crippen molar-refractivity contribution in [3.8, 4) is 0 Å². The van der Waals surface area contributed by atoms with Gasteiger partial charge in [-0.2, -0.15) is 0 Å². The lowest BCUT2D eigenvalue weighted by Crippen LogP contribution is -2.61. The van der Waals surface area contributed by atoms with E-state index < -0.39 is 58.1 Å². The summed E-state index contributed by atoms with van der Waals surface area (Å²) in [6.07, 6.45) is 9.99. The van der Waals surface area contributed by atoms with Crippen LogP contribution in [-0.4, -0.2) is 52.2 Å². The molecule has 0 unspecified atom stereocenters. The van der Waals surface area contributed by atoms with Crippen LogP contribution in [0.2, 0.25) is 0 Å². The number of cyclic esters (lactones) is 2. The van der Waals surface area contributed by atoms with Crippen molar-refractivity contribution >= 4 is 23.7 Å². The first-order valence-corrected chi connectivity index (χ1v) is 13.9. The van der Waals surface area contributed by atoms with Crippen molar-refractivity contribution in [1.82, 2.24) is 0 Å². The Labute approximate surface area is 234 Å². The topological polar surface area (TPSA) is 116 Å². The van der Waals surface area contributed by atoms with Crippen molar-refractivity contribution in [2.75, 3.05) is 0 Å². The first kappa shape index (κ1) is 28.3. The van der Waals surface area contributed by atoms with Gasteiger partial charge in [0.25, 0.3) is 0 Å². The number of fused-ring (bicyclic) bond motifs is 3. The number of allylic oxidation sites excluding steroid dienone is 4. The van der Waals surface area contributed by atoms with Crippen LogP contribution in [0.3, 0.4) is 0 Å². The van der Waals surface area contributed by atoms with Gasteiger partial charge in [0.1, 0.15) is 29.2 Å². The molecule has 0 bridgehead atoms. The highest BCUT2D eigenvalue weighted by atomic mass is 16.6. The van der Waals surface area contributed by atoms with Gasteiger partial charge in [-0.15, -0.1) is 0 Å². The first-order valence-electron chi connectivity index (χ1n) is 13.9. The van der Waals surface area contributed by atoms with E-state index in [1.807, 2.05) is 45.9 Å². The molecule has 214 valence electrons. The number of hydrogen-bond donors (Lipinski definition) is 1. The maximum absolute atomic E-state index is 14.0. The van der Waals surface area contributed by atoms with Crippen LogP contribution in [-0.2, 0) is 33.4 Å². The molecule has 5 rings (SSSR count). The third-order valence-electron chi connectivity index (χ3n) is 10.1. The van der Waals surface area contributed by atoms with Gasteiger partial charge in [0.15, 0.2) is 0 Å². The van der Waals surface area contributed by atoms with E-state index in [2.05, 4.69) is 0 Å². The molecule has 0 spiro atoms. The van der Waals surface area contributed by atoms with Crippen molar-refractivity contribution < 1.29 is 38.5 Å². The molecule has 1 saturated carbocycles. The van der Waals surface area contributed by atoms with Crippen LogP contribution < -0.4 is 0 Å². The Balaban J connectivity index is 1.67. The van der Waals surface area contributed by atoms with Crippen LogP contribution in [0.4, 0.5) is 0 Å². The number of rotatable bonds is 3. The Bertz CT molecular complexity index is 1350. The maximum Gasteiger partial charge on any atom is 0.333 e. The number of Topliss-reactive ketones (excluding diaryl/α,β-unsaturated/α-hetero) is 1. The summed E-state index contributed by atoms with van der Waals surface area (Å²) in [6.45, 7) is 12.2. The molecule has 3 aliphatic carbocycles. The van der Waals surface area contributed by atoms with Gasteiger partial charge >= 0.3 is 17.9 Å². The van der Waals surface area contributed by atoms with Gasteiger partial charge in [-0.05, 0) is 44.4 Å². The van der Waals surface area contributed by atoms with Crippen LogP contribution in [0.5, 0.6) is 0 Å². The highest BCUT2D eigenvalue weighted by molar-refractivity contribution is 5.90. The number of ether oxygens (including phenoxy) is 3. The van der Waals surface area contributed by atoms with E-state index in [1.165, 1.54) is 13.0 Å². The molecule has 2 aliphatic heterocycles. The number of carbonyl (C=O) groups excluding carboxylic acids is 4. The van der Waals surface area contributed by atoms with Gasteiger partial charge in [-0.25, -0.2) is 9.59 Å². The number of ketones is 1. The zero-order chi connectivity index (χ0) is 29.4. The number of carbonyl (C=O) groups is 4. The molecular formula is C32H38O8. The van der Waals surface area contributed by atoms with Crippen LogP contribution in [0.25, 0.3) is 0 Å². The second-order valence-electron chi connectivity index (χ2n) is 13.0. The van der Waals surface area contributed by atoms with E-state index in [9.17, 15) is 24.3 Å². The minimum atomic E-state index is -1.72. The fourth-order valence-electron chi connectivity index (χ4n) is 7.90. The molecule has 0 aromatic heterocycles. The van der Waals surface area contributed by atoms with Gasteiger partial charge < -0.3 is 19.3 Å². The molecular weight excluding hydrogens is 512 g/mol.